The summed E-state index contributed by atoms with van der Waals surface area (Å²) in [5.41, 5.74) is 2.20. The Hall–Kier alpha value is -2.36. The van der Waals surface area contributed by atoms with Gasteiger partial charge in [0.25, 0.3) is 0 Å². The van der Waals surface area contributed by atoms with E-state index in [1.165, 1.54) is 12.2 Å². The Morgan fingerprint density at radius 1 is 0.947 bits per heavy atom. The van der Waals surface area contributed by atoms with Crippen molar-refractivity contribution in [1.82, 2.24) is 15.0 Å². The maximum Gasteiger partial charge on any atom is 0.143 e. The second kappa shape index (κ2) is 6.54. The van der Waals surface area contributed by atoms with Gasteiger partial charge in [-0.3, -0.25) is 0 Å². The van der Waals surface area contributed by atoms with E-state index in [9.17, 15) is 5.11 Å². The van der Waals surface area contributed by atoms with Crippen LogP contribution in [-0.4, -0.2) is 20.1 Å². The number of hydrogen-bond acceptors (Lipinski definition) is 3. The highest BCUT2D eigenvalue weighted by Gasteiger charge is 2.06. The van der Waals surface area contributed by atoms with Crippen LogP contribution >= 0.6 is 0 Å². The highest BCUT2D eigenvalue weighted by Crippen LogP contribution is 2.20. The predicted molar refractivity (Wildman–Crippen MR) is 78.6 cm³/mol. The lowest BCUT2D eigenvalue weighted by atomic mass is 10.3. The summed E-state index contributed by atoms with van der Waals surface area (Å²) in [7, 11) is 1.25. The van der Waals surface area contributed by atoms with Gasteiger partial charge in [-0.1, -0.05) is 45.5 Å². The van der Waals surface area contributed by atoms with E-state index in [0.717, 1.165) is 11.0 Å². The van der Waals surface area contributed by atoms with E-state index >= 15 is 0 Å². The van der Waals surface area contributed by atoms with Crippen LogP contribution in [-0.2, 0) is 0 Å². The second-order valence-electron chi connectivity index (χ2n) is 3.47. The lowest BCUT2D eigenvalue weighted by Gasteiger charge is -2.00. The minimum Gasteiger partial charge on any atom is -0.506 e. The number of phenolic OH excluding ortho intramolecular Hbond substituents is 1. The third kappa shape index (κ3) is 2.91. The number of aromatic nitrogens is 3. The van der Waals surface area contributed by atoms with Crippen molar-refractivity contribution in [3.63, 3.8) is 0 Å². The summed E-state index contributed by atoms with van der Waals surface area (Å²) in [5.74, 6) is 0.169. The van der Waals surface area contributed by atoms with Gasteiger partial charge in [-0.25, -0.2) is 0 Å². The van der Waals surface area contributed by atoms with Gasteiger partial charge in [-0.2, -0.15) is 0 Å². The van der Waals surface area contributed by atoms with E-state index in [-0.39, 0.29) is 5.75 Å². The number of nitrogens with zero attached hydrogens (tertiary/aromatic N) is 3. The molecule has 0 aliphatic carbocycles. The lowest BCUT2D eigenvalue weighted by molar-refractivity contribution is 0.468. The first kappa shape index (κ1) is 13.1. The average Bonchev–Trinajstić information content (AvgIpc) is 2.95. The van der Waals surface area contributed by atoms with Crippen LogP contribution in [0.3, 0.4) is 0 Å². The molecule has 1 aromatic heterocycles. The molecule has 0 bridgehead atoms. The van der Waals surface area contributed by atoms with Crippen molar-refractivity contribution < 1.29 is 6.48 Å². The fourth-order valence-electron chi connectivity index (χ4n) is 1.60. The van der Waals surface area contributed by atoms with Crippen molar-refractivity contribution >= 4 is 11.0 Å². The van der Waals surface area contributed by atoms with E-state index < -0.39 is 0 Å². The van der Waals surface area contributed by atoms with Crippen LogP contribution in [0.5, 0.6) is 5.75 Å². The van der Waals surface area contributed by atoms with Gasteiger partial charge in [0.2, 0.25) is 0 Å². The molecule has 1 N–H and O–H groups in total. The van der Waals surface area contributed by atoms with Crippen molar-refractivity contribution in [2.75, 3.05) is 0 Å². The average molecular weight is 258 g/mol. The summed E-state index contributed by atoms with van der Waals surface area (Å²) in [6, 6.07) is 14.6. The topological polar surface area (TPSA) is 50.9 Å². The number of benzene rings is 2. The minimum atomic E-state index is 0.169. The summed E-state index contributed by atoms with van der Waals surface area (Å²) in [4.78, 5) is 1.44. The summed E-state index contributed by atoms with van der Waals surface area (Å²) < 4.78 is 5.75. The Labute approximate surface area is 114 Å². The van der Waals surface area contributed by atoms with E-state index in [0.29, 0.717) is 5.69 Å². The molecule has 4 nitrogen and oxygen atoms in total. The maximum atomic E-state index is 9.69. The molecule has 0 aliphatic heterocycles. The highest BCUT2D eigenvalue weighted by atomic mass is 16.3. The number of para-hydroxylation sites is 2. The van der Waals surface area contributed by atoms with Crippen molar-refractivity contribution in [1.29, 1.82) is 0 Å². The predicted octanol–water partition coefficient (Wildman–Crippen LogP) is 3.79. The molecule has 0 amide bonds. The van der Waals surface area contributed by atoms with Crippen LogP contribution < -0.4 is 0 Å². The van der Waals surface area contributed by atoms with Crippen LogP contribution in [0.25, 0.3) is 16.7 Å². The smallest absolute Gasteiger partial charge is 0.143 e. The Kier molecular flexibility index (Phi) is 4.50. The number of rotatable bonds is 1. The Balaban J connectivity index is 0.000000461. The lowest BCUT2D eigenvalue weighted by Crippen LogP contribution is -1.98. The first-order chi connectivity index (χ1) is 9.84. The summed E-state index contributed by atoms with van der Waals surface area (Å²) >= 11 is 0. The van der Waals surface area contributed by atoms with Gasteiger partial charge in [-0.05, 0) is 24.3 Å². The Bertz CT molecular complexity index is 619. The molecule has 0 unspecified atom stereocenters. The van der Waals surface area contributed by atoms with Crippen molar-refractivity contribution in [3.8, 4) is 11.4 Å². The van der Waals surface area contributed by atoms with E-state index in [4.69, 9.17) is 1.37 Å². The first-order valence-electron chi connectivity index (χ1n) is 6.95. The molecule has 0 radical (unpaired) electrons. The van der Waals surface area contributed by atoms with Gasteiger partial charge in [-0.15, -0.1) is 15.0 Å². The molecule has 0 saturated carbocycles. The standard InChI is InChI=1S/C12H9N3O.C2H6.CH4/c16-12-8-4-3-7-11(12)15-13-9-5-1-2-6-10(9)14-15;1-2;/h1-8,16H;1-2H3;1H4/i;;1D. The van der Waals surface area contributed by atoms with E-state index in [1.54, 1.807) is 18.2 Å². The quantitative estimate of drug-likeness (QED) is 0.722. The summed E-state index contributed by atoms with van der Waals surface area (Å²) in [6.07, 6.45) is 0. The van der Waals surface area contributed by atoms with Gasteiger partial charge in [0.05, 0.1) is 0 Å². The van der Waals surface area contributed by atoms with Gasteiger partial charge < -0.3 is 5.11 Å². The highest BCUT2D eigenvalue weighted by molar-refractivity contribution is 5.73. The number of fused-ring (bicyclic) bond motifs is 1. The van der Waals surface area contributed by atoms with E-state index in [2.05, 4.69) is 10.2 Å². The second-order valence-corrected chi connectivity index (χ2v) is 3.47. The van der Waals surface area contributed by atoms with Gasteiger partial charge >= 0.3 is 0 Å². The van der Waals surface area contributed by atoms with Crippen LogP contribution in [0.4, 0.5) is 0 Å². The van der Waals surface area contributed by atoms with Gasteiger partial charge in [0, 0.05) is 1.37 Å². The SMILES string of the molecule is CC.Oc1ccccc1-n1nc2ccccc2n1.[2H]C. The molecule has 0 spiro atoms. The van der Waals surface area contributed by atoms with Gasteiger partial charge in [0.15, 0.2) is 0 Å². The molecule has 4 heteroatoms. The Morgan fingerprint density at radius 2 is 1.42 bits per heavy atom. The van der Waals surface area contributed by atoms with Crippen LogP contribution in [0.2, 0.25) is 0 Å². The summed E-state index contributed by atoms with van der Waals surface area (Å²) in [5, 5.41) is 18.3. The van der Waals surface area contributed by atoms with Crippen LogP contribution in [0.1, 0.15) is 22.6 Å². The maximum absolute atomic E-state index is 9.69. The van der Waals surface area contributed by atoms with Crippen LogP contribution in [0.15, 0.2) is 48.5 Å². The number of phenols is 1. The molecular weight excluding hydrogens is 238 g/mol. The molecule has 1 heterocycles. The Morgan fingerprint density at radius 3 is 1.95 bits per heavy atom. The zero-order chi connectivity index (χ0) is 15.0. The molecule has 19 heavy (non-hydrogen) atoms. The molecule has 3 aromatic rings. The van der Waals surface area contributed by atoms with Crippen LogP contribution in [0, 0.1) is 0 Å². The zero-order valence-electron chi connectivity index (χ0n) is 12.4. The molecule has 100 valence electrons. The van der Waals surface area contributed by atoms with Crippen molar-refractivity contribution in [2.45, 2.75) is 21.3 Å². The molecule has 0 aliphatic rings. The third-order valence-electron chi connectivity index (χ3n) is 2.38. The minimum absolute atomic E-state index is 0.169. The fourth-order valence-corrected chi connectivity index (χ4v) is 1.60. The third-order valence-corrected chi connectivity index (χ3v) is 2.38. The molecule has 0 saturated heterocycles. The molecule has 0 fully saturated rings. The molecule has 2 aromatic carbocycles. The van der Waals surface area contributed by atoms with E-state index in [1.807, 2.05) is 44.2 Å². The molecule has 3 rings (SSSR count). The number of hydrogen-bond donors (Lipinski definition) is 1. The fraction of sp³-hybridized carbons (Fsp3) is 0.200. The molecular formula is C15H19N3O. The monoisotopic (exact) mass is 258 g/mol. The van der Waals surface area contributed by atoms with Crippen molar-refractivity contribution in [3.05, 3.63) is 48.5 Å². The first-order valence-corrected chi connectivity index (χ1v) is 5.95. The van der Waals surface area contributed by atoms with Crippen molar-refractivity contribution in [2.24, 2.45) is 0 Å². The largest absolute Gasteiger partial charge is 0.506 e. The normalized spacial score (nSPS) is 9.74. The summed E-state index contributed by atoms with van der Waals surface area (Å²) in [6.45, 7) is 4.00. The van der Waals surface area contributed by atoms with Gasteiger partial charge in [0.1, 0.15) is 22.5 Å². The number of aromatic hydroxyl groups is 1. The molecule has 0 atom stereocenters. The zero-order valence-corrected chi connectivity index (χ0v) is 11.4.